The molecule has 1 fully saturated rings. The van der Waals surface area contributed by atoms with E-state index in [9.17, 15) is 9.90 Å². The van der Waals surface area contributed by atoms with Gasteiger partial charge in [-0.3, -0.25) is 14.4 Å². The first-order valence-electron chi connectivity index (χ1n) is 8.16. The molecule has 1 N–H and O–H groups in total. The minimum absolute atomic E-state index is 0.0131. The second kappa shape index (κ2) is 7.24. The number of rotatable bonds is 5. The van der Waals surface area contributed by atoms with Gasteiger partial charge in [0.1, 0.15) is 0 Å². The molecule has 0 aromatic carbocycles. The number of aromatic nitrogens is 2. The molecule has 0 saturated carbocycles. The van der Waals surface area contributed by atoms with Gasteiger partial charge in [-0.15, -0.1) is 0 Å². The van der Waals surface area contributed by atoms with Crippen molar-refractivity contribution in [1.82, 2.24) is 19.6 Å². The lowest BCUT2D eigenvalue weighted by Crippen LogP contribution is -2.52. The lowest BCUT2D eigenvalue weighted by Gasteiger charge is -2.38. The molecule has 6 heteroatoms. The van der Waals surface area contributed by atoms with Crippen molar-refractivity contribution >= 4 is 5.91 Å². The van der Waals surface area contributed by atoms with Gasteiger partial charge >= 0.3 is 0 Å². The number of hydrogen-bond donors (Lipinski definition) is 1. The zero-order valence-corrected chi connectivity index (χ0v) is 14.1. The van der Waals surface area contributed by atoms with Crippen LogP contribution in [0.5, 0.6) is 0 Å². The van der Waals surface area contributed by atoms with E-state index in [1.165, 1.54) is 0 Å². The summed E-state index contributed by atoms with van der Waals surface area (Å²) in [6.07, 6.45) is 0.933. The van der Waals surface area contributed by atoms with Gasteiger partial charge in [0.2, 0.25) is 0 Å². The summed E-state index contributed by atoms with van der Waals surface area (Å²) in [6, 6.07) is 2.11. The summed E-state index contributed by atoms with van der Waals surface area (Å²) in [6.45, 7) is 9.49. The van der Waals surface area contributed by atoms with E-state index in [4.69, 9.17) is 0 Å². The maximum Gasteiger partial charge on any atom is 0.274 e. The number of hydrogen-bond acceptors (Lipinski definition) is 4. The van der Waals surface area contributed by atoms with Crippen LogP contribution in [0, 0.1) is 0 Å². The van der Waals surface area contributed by atoms with Gasteiger partial charge in [0.15, 0.2) is 5.69 Å². The van der Waals surface area contributed by atoms with Gasteiger partial charge in [-0.2, -0.15) is 5.10 Å². The summed E-state index contributed by atoms with van der Waals surface area (Å²) >= 11 is 0. The minimum atomic E-state index is 0.0131. The molecule has 1 saturated heterocycles. The Morgan fingerprint density at radius 2 is 1.95 bits per heavy atom. The van der Waals surface area contributed by atoms with Crippen molar-refractivity contribution < 1.29 is 9.90 Å². The van der Waals surface area contributed by atoms with Crippen LogP contribution in [0.2, 0.25) is 0 Å². The van der Waals surface area contributed by atoms with Gasteiger partial charge < -0.3 is 10.0 Å². The van der Waals surface area contributed by atoms with Crippen LogP contribution < -0.4 is 0 Å². The zero-order valence-electron chi connectivity index (χ0n) is 14.1. The van der Waals surface area contributed by atoms with Crippen molar-refractivity contribution in [2.24, 2.45) is 7.05 Å². The van der Waals surface area contributed by atoms with Crippen molar-refractivity contribution in [3.8, 4) is 0 Å². The molecule has 0 bridgehead atoms. The third-order valence-corrected chi connectivity index (χ3v) is 4.53. The molecule has 22 heavy (non-hydrogen) atoms. The fourth-order valence-corrected chi connectivity index (χ4v) is 3.08. The molecule has 1 aliphatic heterocycles. The maximum atomic E-state index is 12.6. The normalized spacial score (nSPS) is 18.0. The van der Waals surface area contributed by atoms with Crippen LogP contribution in [0.25, 0.3) is 0 Å². The average Bonchev–Trinajstić information content (AvgIpc) is 2.90. The first-order chi connectivity index (χ1) is 10.5. The molecule has 2 heterocycles. The van der Waals surface area contributed by atoms with E-state index < -0.39 is 0 Å². The summed E-state index contributed by atoms with van der Waals surface area (Å²) in [5.74, 6) is 0.366. The quantitative estimate of drug-likeness (QED) is 0.884. The molecule has 1 aliphatic rings. The van der Waals surface area contributed by atoms with Crippen molar-refractivity contribution in [2.45, 2.75) is 39.2 Å². The summed E-state index contributed by atoms with van der Waals surface area (Å²) < 4.78 is 1.80. The predicted octanol–water partition coefficient (Wildman–Crippen LogP) is 1.07. The average molecular weight is 308 g/mol. The molecular weight excluding hydrogens is 280 g/mol. The van der Waals surface area contributed by atoms with Gasteiger partial charge in [0.05, 0.1) is 6.61 Å². The highest BCUT2D eigenvalue weighted by Crippen LogP contribution is 2.17. The SMILES string of the molecule is CCC(CO)N1CCN(C(=O)c2cc(C(C)C)n(C)n2)CC1. The molecule has 1 aromatic heterocycles. The lowest BCUT2D eigenvalue weighted by molar-refractivity contribution is 0.0467. The Labute approximate surface area is 132 Å². The van der Waals surface area contributed by atoms with Crippen LogP contribution in [0.4, 0.5) is 0 Å². The topological polar surface area (TPSA) is 61.6 Å². The van der Waals surface area contributed by atoms with Crippen molar-refractivity contribution in [2.75, 3.05) is 32.8 Å². The molecule has 1 atom stereocenters. The Kier molecular flexibility index (Phi) is 5.58. The van der Waals surface area contributed by atoms with E-state index >= 15 is 0 Å². The van der Waals surface area contributed by atoms with Gasteiger partial charge in [0, 0.05) is 45.0 Å². The van der Waals surface area contributed by atoms with Crippen LogP contribution in [0.15, 0.2) is 6.07 Å². The Bertz CT molecular complexity index is 500. The van der Waals surface area contributed by atoms with Crippen molar-refractivity contribution in [1.29, 1.82) is 0 Å². The number of aryl methyl sites for hydroxylation is 1. The number of carbonyl (C=O) groups excluding carboxylic acids is 1. The molecule has 124 valence electrons. The fourth-order valence-electron chi connectivity index (χ4n) is 3.08. The maximum absolute atomic E-state index is 12.6. The molecule has 6 nitrogen and oxygen atoms in total. The molecule has 0 radical (unpaired) electrons. The van der Waals surface area contributed by atoms with Gasteiger partial charge in [-0.25, -0.2) is 0 Å². The predicted molar refractivity (Wildman–Crippen MR) is 85.9 cm³/mol. The van der Waals surface area contributed by atoms with E-state index in [1.807, 2.05) is 18.0 Å². The summed E-state index contributed by atoms with van der Waals surface area (Å²) in [5.41, 5.74) is 1.61. The molecule has 2 rings (SSSR count). The number of aliphatic hydroxyl groups is 1. The Morgan fingerprint density at radius 3 is 2.41 bits per heavy atom. The zero-order chi connectivity index (χ0) is 16.3. The van der Waals surface area contributed by atoms with Crippen LogP contribution >= 0.6 is 0 Å². The number of nitrogens with zero attached hydrogens (tertiary/aromatic N) is 4. The van der Waals surface area contributed by atoms with Crippen molar-refractivity contribution in [3.63, 3.8) is 0 Å². The van der Waals surface area contributed by atoms with E-state index in [0.29, 0.717) is 24.7 Å². The molecular formula is C16H28N4O2. The first-order valence-corrected chi connectivity index (χ1v) is 8.16. The van der Waals surface area contributed by atoms with Crippen LogP contribution in [-0.4, -0.2) is 69.4 Å². The van der Waals surface area contributed by atoms with Crippen LogP contribution in [0.1, 0.15) is 49.3 Å². The number of piperazine rings is 1. The summed E-state index contributed by atoms with van der Waals surface area (Å²) in [4.78, 5) is 16.7. The van der Waals surface area contributed by atoms with Crippen LogP contribution in [-0.2, 0) is 7.05 Å². The first kappa shape index (κ1) is 17.0. The molecule has 1 amide bonds. The highest BCUT2D eigenvalue weighted by Gasteiger charge is 2.27. The van der Waals surface area contributed by atoms with E-state index in [0.717, 1.165) is 25.2 Å². The van der Waals surface area contributed by atoms with Gasteiger partial charge in [0.25, 0.3) is 5.91 Å². The van der Waals surface area contributed by atoms with Gasteiger partial charge in [-0.05, 0) is 18.4 Å². The third kappa shape index (κ3) is 3.50. The number of amides is 1. The Morgan fingerprint density at radius 1 is 1.32 bits per heavy atom. The summed E-state index contributed by atoms with van der Waals surface area (Å²) in [5, 5.41) is 13.7. The van der Waals surface area contributed by atoms with Crippen LogP contribution in [0.3, 0.4) is 0 Å². The second-order valence-corrected chi connectivity index (χ2v) is 6.31. The largest absolute Gasteiger partial charge is 0.395 e. The number of carbonyl (C=O) groups is 1. The van der Waals surface area contributed by atoms with Crippen molar-refractivity contribution in [3.05, 3.63) is 17.5 Å². The van der Waals surface area contributed by atoms with Gasteiger partial charge in [-0.1, -0.05) is 20.8 Å². The Hall–Kier alpha value is -1.40. The summed E-state index contributed by atoms with van der Waals surface area (Å²) in [7, 11) is 1.89. The smallest absolute Gasteiger partial charge is 0.274 e. The molecule has 0 aliphatic carbocycles. The number of aliphatic hydroxyl groups excluding tert-OH is 1. The molecule has 0 spiro atoms. The molecule has 1 aromatic rings. The second-order valence-electron chi connectivity index (χ2n) is 6.31. The Balaban J connectivity index is 1.99. The highest BCUT2D eigenvalue weighted by molar-refractivity contribution is 5.92. The molecule has 1 unspecified atom stereocenters. The lowest BCUT2D eigenvalue weighted by atomic mass is 10.1. The van der Waals surface area contributed by atoms with E-state index in [2.05, 4.69) is 30.8 Å². The third-order valence-electron chi connectivity index (χ3n) is 4.53. The van der Waals surface area contributed by atoms with E-state index in [-0.39, 0.29) is 18.6 Å². The standard InChI is InChI=1S/C16H28N4O2/c1-5-13(11-21)19-6-8-20(9-7-19)16(22)14-10-15(12(2)3)18(4)17-14/h10,12-13,21H,5-9,11H2,1-4H3. The van der Waals surface area contributed by atoms with E-state index in [1.54, 1.807) is 4.68 Å². The monoisotopic (exact) mass is 308 g/mol. The minimum Gasteiger partial charge on any atom is -0.395 e. The highest BCUT2D eigenvalue weighted by atomic mass is 16.3. The fraction of sp³-hybridized carbons (Fsp3) is 0.750.